The monoisotopic (exact) mass is 322 g/mol. The molecule has 0 bridgehead atoms. The highest BCUT2D eigenvalue weighted by molar-refractivity contribution is 5.67. The molecule has 6 heteroatoms. The van der Waals surface area contributed by atoms with Gasteiger partial charge in [0.15, 0.2) is 0 Å². The van der Waals surface area contributed by atoms with Crippen LogP contribution in [0.4, 0.5) is 4.79 Å². The average molecular weight is 322 g/mol. The number of piperidine rings is 1. The Bertz CT molecular complexity index is 487. The van der Waals surface area contributed by atoms with Crippen LogP contribution in [0.25, 0.3) is 0 Å². The molecule has 23 heavy (non-hydrogen) atoms. The van der Waals surface area contributed by atoms with Gasteiger partial charge in [0, 0.05) is 37.9 Å². The molecule has 1 aromatic rings. The maximum Gasteiger partial charge on any atom is 0.409 e. The van der Waals surface area contributed by atoms with Crippen LogP contribution in [0, 0.1) is 0 Å². The van der Waals surface area contributed by atoms with Crippen LogP contribution in [0.1, 0.15) is 44.3 Å². The zero-order valence-electron chi connectivity index (χ0n) is 14.7. The third kappa shape index (κ3) is 5.23. The molecule has 1 aromatic heterocycles. The topological polar surface area (TPSA) is 50.6 Å². The Labute approximate surface area is 139 Å². The van der Waals surface area contributed by atoms with Crippen LogP contribution < -0.4 is 0 Å². The molecule has 1 saturated heterocycles. The molecule has 0 aliphatic carbocycles. The largest absolute Gasteiger partial charge is 0.449 e. The van der Waals surface area contributed by atoms with Gasteiger partial charge in [-0.05, 0) is 46.3 Å². The maximum absolute atomic E-state index is 12.1. The van der Waals surface area contributed by atoms with Crippen molar-refractivity contribution in [2.75, 3.05) is 40.3 Å². The van der Waals surface area contributed by atoms with E-state index < -0.39 is 0 Å². The van der Waals surface area contributed by atoms with Gasteiger partial charge in [-0.25, -0.2) is 9.78 Å². The number of aryl methyl sites for hydroxylation is 1. The van der Waals surface area contributed by atoms with Crippen LogP contribution in [-0.4, -0.2) is 65.8 Å². The standard InChI is InChI=1S/C17H30N4O2/c1-4-13-23-17(22)21-10-5-7-15(14-21)16-18-8-12-20(16)11-6-9-19(2)3/h8,12,15H,4-7,9-11,13-14H2,1-3H3. The molecule has 0 aromatic carbocycles. The summed E-state index contributed by atoms with van der Waals surface area (Å²) < 4.78 is 7.52. The lowest BCUT2D eigenvalue weighted by atomic mass is 9.97. The second-order valence-corrected chi connectivity index (χ2v) is 6.54. The highest BCUT2D eigenvalue weighted by atomic mass is 16.6. The van der Waals surface area contributed by atoms with Gasteiger partial charge in [0.1, 0.15) is 5.82 Å². The zero-order chi connectivity index (χ0) is 16.7. The van der Waals surface area contributed by atoms with Crippen molar-refractivity contribution in [2.24, 2.45) is 0 Å². The Morgan fingerprint density at radius 1 is 1.48 bits per heavy atom. The van der Waals surface area contributed by atoms with Gasteiger partial charge in [-0.3, -0.25) is 0 Å². The van der Waals surface area contributed by atoms with Gasteiger partial charge >= 0.3 is 6.09 Å². The number of rotatable bonds is 7. The Kier molecular flexibility index (Phi) is 6.89. The minimum atomic E-state index is -0.178. The fraction of sp³-hybridized carbons (Fsp3) is 0.765. The summed E-state index contributed by atoms with van der Waals surface area (Å²) in [6.45, 7) is 6.06. The van der Waals surface area contributed by atoms with E-state index in [1.807, 2.05) is 18.0 Å². The molecule has 0 saturated carbocycles. The summed E-state index contributed by atoms with van der Waals surface area (Å²) in [4.78, 5) is 20.7. The Hall–Kier alpha value is -1.56. The predicted molar refractivity (Wildman–Crippen MR) is 90.6 cm³/mol. The summed E-state index contributed by atoms with van der Waals surface area (Å²) in [6, 6.07) is 0. The van der Waals surface area contributed by atoms with Crippen molar-refractivity contribution in [2.45, 2.75) is 45.1 Å². The second-order valence-electron chi connectivity index (χ2n) is 6.54. The van der Waals surface area contributed by atoms with Gasteiger partial charge in [-0.1, -0.05) is 6.92 Å². The molecule has 0 spiro atoms. The third-order valence-corrected chi connectivity index (χ3v) is 4.23. The first-order valence-corrected chi connectivity index (χ1v) is 8.69. The summed E-state index contributed by atoms with van der Waals surface area (Å²) in [7, 11) is 4.19. The highest BCUT2D eigenvalue weighted by Gasteiger charge is 2.28. The molecule has 1 atom stereocenters. The maximum atomic E-state index is 12.1. The first-order chi connectivity index (χ1) is 11.1. The van der Waals surface area contributed by atoms with Crippen LogP contribution in [-0.2, 0) is 11.3 Å². The Morgan fingerprint density at radius 3 is 3.04 bits per heavy atom. The molecule has 1 aliphatic heterocycles. The van der Waals surface area contributed by atoms with Crippen LogP contribution >= 0.6 is 0 Å². The SMILES string of the molecule is CCCOC(=O)N1CCCC(c2nccn2CCCN(C)C)C1. The summed E-state index contributed by atoms with van der Waals surface area (Å²) in [6.07, 6.45) is 7.81. The fourth-order valence-corrected chi connectivity index (χ4v) is 3.06. The van der Waals surface area contributed by atoms with Crippen molar-refractivity contribution in [3.05, 3.63) is 18.2 Å². The van der Waals surface area contributed by atoms with E-state index in [0.717, 1.165) is 51.1 Å². The second kappa shape index (κ2) is 8.91. The van der Waals surface area contributed by atoms with E-state index in [0.29, 0.717) is 19.1 Å². The average Bonchev–Trinajstić information content (AvgIpc) is 3.01. The van der Waals surface area contributed by atoms with Crippen molar-refractivity contribution < 1.29 is 9.53 Å². The predicted octanol–water partition coefficient (Wildman–Crippen LogP) is 2.56. The van der Waals surface area contributed by atoms with Crippen molar-refractivity contribution in [3.8, 4) is 0 Å². The van der Waals surface area contributed by atoms with Gasteiger partial charge in [-0.15, -0.1) is 0 Å². The van der Waals surface area contributed by atoms with E-state index in [-0.39, 0.29) is 6.09 Å². The number of nitrogens with zero attached hydrogens (tertiary/aromatic N) is 4. The van der Waals surface area contributed by atoms with Gasteiger partial charge in [-0.2, -0.15) is 0 Å². The number of carbonyl (C=O) groups is 1. The molecule has 1 unspecified atom stereocenters. The zero-order valence-corrected chi connectivity index (χ0v) is 14.7. The number of aromatic nitrogens is 2. The number of hydrogen-bond donors (Lipinski definition) is 0. The first-order valence-electron chi connectivity index (χ1n) is 8.69. The molecule has 2 heterocycles. The van der Waals surface area contributed by atoms with Crippen LogP contribution in [0.15, 0.2) is 12.4 Å². The molecule has 2 rings (SSSR count). The molecular weight excluding hydrogens is 292 g/mol. The molecule has 130 valence electrons. The number of ether oxygens (including phenoxy) is 1. The number of amides is 1. The van der Waals surface area contributed by atoms with Crippen LogP contribution in [0.2, 0.25) is 0 Å². The molecule has 1 aliphatic rings. The molecule has 1 amide bonds. The summed E-state index contributed by atoms with van der Waals surface area (Å²) in [5.74, 6) is 1.42. The number of hydrogen-bond acceptors (Lipinski definition) is 4. The number of likely N-dealkylation sites (tertiary alicyclic amines) is 1. The molecule has 6 nitrogen and oxygen atoms in total. The van der Waals surface area contributed by atoms with Crippen molar-refractivity contribution in [1.82, 2.24) is 19.4 Å². The van der Waals surface area contributed by atoms with E-state index in [2.05, 4.69) is 34.7 Å². The van der Waals surface area contributed by atoms with Gasteiger partial charge in [0.25, 0.3) is 0 Å². The van der Waals surface area contributed by atoms with Crippen LogP contribution in [0.3, 0.4) is 0 Å². The molecular formula is C17H30N4O2. The molecule has 0 N–H and O–H groups in total. The number of carbonyl (C=O) groups excluding carboxylic acids is 1. The lowest BCUT2D eigenvalue weighted by molar-refractivity contribution is 0.0907. The van der Waals surface area contributed by atoms with Crippen molar-refractivity contribution >= 4 is 6.09 Å². The normalized spacial score (nSPS) is 18.4. The summed E-state index contributed by atoms with van der Waals surface area (Å²) >= 11 is 0. The van der Waals surface area contributed by atoms with Gasteiger partial charge < -0.3 is 19.1 Å². The van der Waals surface area contributed by atoms with Gasteiger partial charge in [0.2, 0.25) is 0 Å². The lowest BCUT2D eigenvalue weighted by Gasteiger charge is -2.32. The quantitative estimate of drug-likeness (QED) is 0.774. The molecule has 0 radical (unpaired) electrons. The summed E-state index contributed by atoms with van der Waals surface area (Å²) in [5, 5.41) is 0. The lowest BCUT2D eigenvalue weighted by Crippen LogP contribution is -2.40. The first kappa shape index (κ1) is 17.8. The third-order valence-electron chi connectivity index (χ3n) is 4.23. The van der Waals surface area contributed by atoms with E-state index >= 15 is 0 Å². The Balaban J connectivity index is 1.93. The number of imidazole rings is 1. The summed E-state index contributed by atoms with van der Waals surface area (Å²) in [5.41, 5.74) is 0. The van der Waals surface area contributed by atoms with E-state index in [4.69, 9.17) is 4.74 Å². The minimum Gasteiger partial charge on any atom is -0.449 e. The Morgan fingerprint density at radius 2 is 2.30 bits per heavy atom. The van der Waals surface area contributed by atoms with Crippen molar-refractivity contribution in [1.29, 1.82) is 0 Å². The highest BCUT2D eigenvalue weighted by Crippen LogP contribution is 2.26. The smallest absolute Gasteiger partial charge is 0.409 e. The van der Waals surface area contributed by atoms with Crippen molar-refractivity contribution in [3.63, 3.8) is 0 Å². The minimum absolute atomic E-state index is 0.178. The van der Waals surface area contributed by atoms with Crippen LogP contribution in [0.5, 0.6) is 0 Å². The molecule has 1 fully saturated rings. The fourth-order valence-electron chi connectivity index (χ4n) is 3.06. The van der Waals surface area contributed by atoms with E-state index in [1.165, 1.54) is 0 Å². The van der Waals surface area contributed by atoms with E-state index in [9.17, 15) is 4.79 Å². The van der Waals surface area contributed by atoms with E-state index in [1.54, 1.807) is 0 Å². The van der Waals surface area contributed by atoms with Gasteiger partial charge in [0.05, 0.1) is 6.61 Å².